The molecule has 2 N–H and O–H groups in total. The van der Waals surface area contributed by atoms with E-state index in [0.29, 0.717) is 5.92 Å². The lowest BCUT2D eigenvalue weighted by atomic mass is 10.1. The molecule has 0 aromatic carbocycles. The van der Waals surface area contributed by atoms with Crippen molar-refractivity contribution in [3.8, 4) is 0 Å². The van der Waals surface area contributed by atoms with Crippen LogP contribution >= 0.6 is 0 Å². The van der Waals surface area contributed by atoms with Gasteiger partial charge in [-0.25, -0.2) is 0 Å². The quantitative estimate of drug-likeness (QED) is 0.681. The Hall–Kier alpha value is -0.120. The van der Waals surface area contributed by atoms with Crippen LogP contribution in [0, 0.1) is 11.8 Å². The number of nitrogens with two attached hydrogens (primary N) is 1. The van der Waals surface area contributed by atoms with Gasteiger partial charge in [0.15, 0.2) is 0 Å². The maximum atomic E-state index is 5.63. The van der Waals surface area contributed by atoms with E-state index < -0.39 is 0 Å². The van der Waals surface area contributed by atoms with Gasteiger partial charge in [0, 0.05) is 26.8 Å². The van der Waals surface area contributed by atoms with Gasteiger partial charge in [-0.3, -0.25) is 0 Å². The van der Waals surface area contributed by atoms with Gasteiger partial charge in [0.05, 0.1) is 0 Å². The van der Waals surface area contributed by atoms with Crippen molar-refractivity contribution < 1.29 is 4.74 Å². The Labute approximate surface area is 81.2 Å². The van der Waals surface area contributed by atoms with Crippen LogP contribution in [0.5, 0.6) is 0 Å². The number of methoxy groups -OCH3 is 1. The maximum absolute atomic E-state index is 5.63. The molecular formula is C10H22N2O. The molecular weight excluding hydrogens is 164 g/mol. The van der Waals surface area contributed by atoms with Gasteiger partial charge in [0.2, 0.25) is 0 Å². The minimum Gasteiger partial charge on any atom is -0.384 e. The van der Waals surface area contributed by atoms with Crippen LogP contribution in [-0.2, 0) is 4.74 Å². The summed E-state index contributed by atoms with van der Waals surface area (Å²) >= 11 is 0. The van der Waals surface area contributed by atoms with Crippen LogP contribution in [0.1, 0.15) is 13.3 Å². The summed E-state index contributed by atoms with van der Waals surface area (Å²) in [6, 6.07) is 0. The van der Waals surface area contributed by atoms with Gasteiger partial charge in [0.25, 0.3) is 0 Å². The first kappa shape index (κ1) is 11.0. The largest absolute Gasteiger partial charge is 0.384 e. The van der Waals surface area contributed by atoms with Crippen LogP contribution in [0.2, 0.25) is 0 Å². The molecule has 0 aliphatic carbocycles. The van der Waals surface area contributed by atoms with E-state index in [9.17, 15) is 0 Å². The number of ether oxygens (including phenoxy) is 1. The van der Waals surface area contributed by atoms with E-state index in [0.717, 1.165) is 25.6 Å². The van der Waals surface area contributed by atoms with Gasteiger partial charge < -0.3 is 15.4 Å². The molecule has 13 heavy (non-hydrogen) atoms. The summed E-state index contributed by atoms with van der Waals surface area (Å²) in [5.41, 5.74) is 5.63. The minimum absolute atomic E-state index is 0.640. The topological polar surface area (TPSA) is 38.5 Å². The Bertz CT molecular complexity index is 141. The van der Waals surface area contributed by atoms with Crippen LogP contribution in [0.3, 0.4) is 0 Å². The average Bonchev–Trinajstić information content (AvgIpc) is 2.52. The summed E-state index contributed by atoms with van der Waals surface area (Å²) in [6.07, 6.45) is 1.27. The molecule has 0 spiro atoms. The molecule has 0 saturated carbocycles. The molecule has 0 radical (unpaired) electrons. The van der Waals surface area contributed by atoms with Crippen molar-refractivity contribution in [2.75, 3.05) is 39.9 Å². The third kappa shape index (κ3) is 3.63. The zero-order valence-corrected chi connectivity index (χ0v) is 8.83. The number of hydrogen-bond acceptors (Lipinski definition) is 3. The number of rotatable bonds is 5. The fourth-order valence-corrected chi connectivity index (χ4v) is 2.05. The van der Waals surface area contributed by atoms with Gasteiger partial charge in [-0.2, -0.15) is 0 Å². The van der Waals surface area contributed by atoms with Crippen LogP contribution in [0.15, 0.2) is 0 Å². The number of hydrogen-bond donors (Lipinski definition) is 1. The van der Waals surface area contributed by atoms with E-state index in [1.165, 1.54) is 19.5 Å². The van der Waals surface area contributed by atoms with Crippen LogP contribution in [0.4, 0.5) is 0 Å². The lowest BCUT2D eigenvalue weighted by Gasteiger charge is -2.20. The second kappa shape index (κ2) is 5.58. The van der Waals surface area contributed by atoms with Crippen molar-refractivity contribution in [1.29, 1.82) is 0 Å². The minimum atomic E-state index is 0.640. The molecule has 78 valence electrons. The Morgan fingerprint density at radius 2 is 2.38 bits per heavy atom. The summed E-state index contributed by atoms with van der Waals surface area (Å²) in [7, 11) is 1.77. The SMILES string of the molecule is COCC(C)CN1CCC(CN)C1. The standard InChI is InChI=1S/C10H22N2O/c1-9(8-13-2)6-12-4-3-10(5-11)7-12/h9-10H,3-8,11H2,1-2H3. The molecule has 0 aromatic heterocycles. The highest BCUT2D eigenvalue weighted by Crippen LogP contribution is 2.15. The van der Waals surface area contributed by atoms with Crippen molar-refractivity contribution in [1.82, 2.24) is 4.90 Å². The second-order valence-corrected chi connectivity index (χ2v) is 4.21. The summed E-state index contributed by atoms with van der Waals surface area (Å²) in [5.74, 6) is 1.37. The van der Waals surface area contributed by atoms with Crippen LogP contribution in [-0.4, -0.2) is 44.8 Å². The predicted molar refractivity (Wildman–Crippen MR) is 54.6 cm³/mol. The first-order valence-corrected chi connectivity index (χ1v) is 5.17. The summed E-state index contributed by atoms with van der Waals surface area (Å²) in [5, 5.41) is 0. The molecule has 1 heterocycles. The van der Waals surface area contributed by atoms with E-state index in [4.69, 9.17) is 10.5 Å². The molecule has 1 fully saturated rings. The van der Waals surface area contributed by atoms with Crippen molar-refractivity contribution in [2.24, 2.45) is 17.6 Å². The fourth-order valence-electron chi connectivity index (χ4n) is 2.05. The van der Waals surface area contributed by atoms with Crippen molar-refractivity contribution >= 4 is 0 Å². The second-order valence-electron chi connectivity index (χ2n) is 4.21. The molecule has 1 aliphatic rings. The van der Waals surface area contributed by atoms with Gasteiger partial charge in [-0.15, -0.1) is 0 Å². The van der Waals surface area contributed by atoms with E-state index >= 15 is 0 Å². The molecule has 2 atom stereocenters. The van der Waals surface area contributed by atoms with Gasteiger partial charge >= 0.3 is 0 Å². The Morgan fingerprint density at radius 1 is 1.62 bits per heavy atom. The highest BCUT2D eigenvalue weighted by Gasteiger charge is 2.21. The van der Waals surface area contributed by atoms with Gasteiger partial charge in [0.1, 0.15) is 0 Å². The lowest BCUT2D eigenvalue weighted by Crippen LogP contribution is -2.29. The van der Waals surface area contributed by atoms with E-state index in [2.05, 4.69) is 11.8 Å². The normalized spacial score (nSPS) is 26.5. The smallest absolute Gasteiger partial charge is 0.0500 e. The Kier molecular flexibility index (Phi) is 4.70. The highest BCUT2D eigenvalue weighted by atomic mass is 16.5. The zero-order chi connectivity index (χ0) is 9.68. The Balaban J connectivity index is 2.16. The third-order valence-electron chi connectivity index (χ3n) is 2.72. The van der Waals surface area contributed by atoms with Crippen LogP contribution < -0.4 is 5.73 Å². The number of likely N-dealkylation sites (tertiary alicyclic amines) is 1. The molecule has 0 aromatic rings. The lowest BCUT2D eigenvalue weighted by molar-refractivity contribution is 0.136. The summed E-state index contributed by atoms with van der Waals surface area (Å²) in [4.78, 5) is 2.50. The van der Waals surface area contributed by atoms with E-state index in [-0.39, 0.29) is 0 Å². The first-order chi connectivity index (χ1) is 6.26. The van der Waals surface area contributed by atoms with Crippen molar-refractivity contribution in [2.45, 2.75) is 13.3 Å². The molecule has 1 saturated heterocycles. The maximum Gasteiger partial charge on any atom is 0.0500 e. The van der Waals surface area contributed by atoms with Gasteiger partial charge in [-0.1, -0.05) is 6.92 Å². The number of nitrogens with zero attached hydrogens (tertiary/aromatic N) is 1. The molecule has 0 amide bonds. The van der Waals surface area contributed by atoms with Gasteiger partial charge in [-0.05, 0) is 31.3 Å². The summed E-state index contributed by atoms with van der Waals surface area (Å²) < 4.78 is 5.12. The molecule has 1 rings (SSSR count). The molecule has 3 nitrogen and oxygen atoms in total. The predicted octanol–water partition coefficient (Wildman–Crippen LogP) is 0.550. The average molecular weight is 186 g/mol. The fraction of sp³-hybridized carbons (Fsp3) is 1.00. The first-order valence-electron chi connectivity index (χ1n) is 5.17. The van der Waals surface area contributed by atoms with E-state index in [1.807, 2.05) is 0 Å². The molecule has 2 unspecified atom stereocenters. The van der Waals surface area contributed by atoms with E-state index in [1.54, 1.807) is 7.11 Å². The third-order valence-corrected chi connectivity index (χ3v) is 2.72. The molecule has 3 heteroatoms. The molecule has 0 bridgehead atoms. The van der Waals surface area contributed by atoms with Crippen molar-refractivity contribution in [3.63, 3.8) is 0 Å². The monoisotopic (exact) mass is 186 g/mol. The zero-order valence-electron chi connectivity index (χ0n) is 8.83. The summed E-state index contributed by atoms with van der Waals surface area (Å²) in [6.45, 7) is 7.50. The molecule has 1 aliphatic heterocycles. The van der Waals surface area contributed by atoms with Crippen LogP contribution in [0.25, 0.3) is 0 Å². The highest BCUT2D eigenvalue weighted by molar-refractivity contribution is 4.76. The Morgan fingerprint density at radius 3 is 2.92 bits per heavy atom. The van der Waals surface area contributed by atoms with Crippen molar-refractivity contribution in [3.05, 3.63) is 0 Å².